The highest BCUT2D eigenvalue weighted by atomic mass is 16.3. The van der Waals surface area contributed by atoms with Crippen LogP contribution in [0.1, 0.15) is 9.60 Å². The Morgan fingerprint density at radius 3 is 1.74 bits per heavy atom. The van der Waals surface area contributed by atoms with Crippen molar-refractivity contribution >= 4 is 54.3 Å². The van der Waals surface area contributed by atoms with Gasteiger partial charge in [0.15, 0.2) is 0 Å². The predicted molar refractivity (Wildman–Crippen MR) is 183 cm³/mol. The number of hydrogen-bond donors (Lipinski definition) is 0. The first kappa shape index (κ1) is 18.0. The van der Waals surface area contributed by atoms with Crippen LogP contribution < -0.4 is 0 Å². The molecule has 0 aliphatic carbocycles. The molecule has 0 bridgehead atoms. The van der Waals surface area contributed by atoms with E-state index in [4.69, 9.17) is 12.6 Å². The molecule has 9 rings (SSSR count). The van der Waals surface area contributed by atoms with Crippen molar-refractivity contribution in [2.24, 2.45) is 0 Å². The van der Waals surface area contributed by atoms with Crippen LogP contribution in [-0.2, 0) is 0 Å². The van der Waals surface area contributed by atoms with E-state index in [2.05, 4.69) is 54.6 Å². The first-order valence-corrected chi connectivity index (χ1v) is 14.2. The van der Waals surface area contributed by atoms with Gasteiger partial charge >= 0.3 is 0 Å². The first-order valence-electron chi connectivity index (χ1n) is 17.7. The molecule has 8 aromatic carbocycles. The van der Waals surface area contributed by atoms with E-state index in [0.29, 0.717) is 11.1 Å². The van der Waals surface area contributed by atoms with Crippen molar-refractivity contribution in [1.82, 2.24) is 0 Å². The maximum absolute atomic E-state index is 9.27. The number of furan rings is 1. The lowest BCUT2D eigenvalue weighted by Crippen LogP contribution is -1.91. The van der Waals surface area contributed by atoms with Crippen LogP contribution in [0.3, 0.4) is 0 Å². The number of hydrogen-bond acceptors (Lipinski definition) is 1. The van der Waals surface area contributed by atoms with E-state index in [1.165, 1.54) is 10.8 Å². The highest BCUT2D eigenvalue weighted by Gasteiger charge is 2.20. The lowest BCUT2D eigenvalue weighted by molar-refractivity contribution is 0.669. The van der Waals surface area contributed by atoms with Crippen LogP contribution in [0.15, 0.2) is 162 Å². The van der Waals surface area contributed by atoms with Gasteiger partial charge in [-0.05, 0) is 83.8 Å². The summed E-state index contributed by atoms with van der Waals surface area (Å²) in [6.45, 7) is 0. The molecule has 200 valence electrons. The quantitative estimate of drug-likeness (QED) is 0.198. The van der Waals surface area contributed by atoms with Gasteiger partial charge in [0.1, 0.15) is 11.2 Å². The fourth-order valence-electron chi connectivity index (χ4n) is 6.45. The molecule has 43 heavy (non-hydrogen) atoms. The van der Waals surface area contributed by atoms with Gasteiger partial charge in [-0.1, -0.05) is 139 Å². The van der Waals surface area contributed by atoms with Crippen molar-refractivity contribution < 1.29 is 14.0 Å². The van der Waals surface area contributed by atoms with E-state index in [9.17, 15) is 1.37 Å². The van der Waals surface area contributed by atoms with Gasteiger partial charge in [-0.15, -0.1) is 0 Å². The van der Waals surface area contributed by atoms with Gasteiger partial charge in [0.05, 0.1) is 9.60 Å². The van der Waals surface area contributed by atoms with Crippen molar-refractivity contribution in [2.45, 2.75) is 0 Å². The van der Waals surface area contributed by atoms with E-state index in [0.717, 1.165) is 43.8 Å². The zero-order chi connectivity index (χ0) is 34.4. The zero-order valence-corrected chi connectivity index (χ0v) is 22.9. The maximum atomic E-state index is 9.27. The Hall–Kier alpha value is -5.66. The minimum atomic E-state index is -0.446. The van der Waals surface area contributed by atoms with Crippen molar-refractivity contribution in [3.8, 4) is 33.4 Å². The molecular weight excluding hydrogens is 520 g/mol. The molecule has 0 aliphatic heterocycles. The first-order chi connectivity index (χ1) is 24.2. The second-order valence-electron chi connectivity index (χ2n) is 10.7. The van der Waals surface area contributed by atoms with Crippen LogP contribution in [0, 0.1) is 0 Å². The summed E-state index contributed by atoms with van der Waals surface area (Å²) in [6, 6.07) is 36.7. The highest BCUT2D eigenvalue weighted by molar-refractivity contribution is 6.25. The molecule has 0 atom stereocenters. The molecule has 0 amide bonds. The maximum Gasteiger partial charge on any atom is 0.136 e. The fourth-order valence-corrected chi connectivity index (χ4v) is 6.45. The SMILES string of the molecule is [2H]c1c([2H])c([2H])c2c(oc3c([2H])c([2H])c([2H])c(-c4c5ccccc5c(-c5ccc(-c6ccc7ccccc7c6)cc5)c5ccccc45)c32)c1[2H]. The molecule has 0 fully saturated rings. The predicted octanol–water partition coefficient (Wildman–Crippen LogP) is 12.0. The molecule has 0 aliphatic rings. The van der Waals surface area contributed by atoms with Crippen LogP contribution in [0.2, 0.25) is 0 Å². The molecular formula is C42H26O. The molecule has 0 radical (unpaired) electrons. The van der Waals surface area contributed by atoms with E-state index in [1.807, 2.05) is 60.7 Å². The number of benzene rings is 8. The standard InChI is InChI=1S/C42H26O/c1-2-11-30-26-31(25-22-27(30)10-1)28-20-23-29(24-21-28)40-32-12-3-5-14-34(32)41(35-15-6-4-13-33(35)40)37-17-9-19-39-42(37)36-16-7-8-18-38(36)43-39/h1-26H/i7D,8D,9D,16D,17D,18D,19D. The summed E-state index contributed by atoms with van der Waals surface area (Å²) in [6.07, 6.45) is 0. The third kappa shape index (κ3) is 3.72. The largest absolute Gasteiger partial charge is 0.456 e. The Morgan fingerprint density at radius 2 is 1.00 bits per heavy atom. The molecule has 9 aromatic rings. The number of fused-ring (bicyclic) bond motifs is 6. The third-order valence-electron chi connectivity index (χ3n) is 8.39. The van der Waals surface area contributed by atoms with Crippen molar-refractivity contribution in [1.29, 1.82) is 0 Å². The molecule has 0 unspecified atom stereocenters. The van der Waals surface area contributed by atoms with Crippen LogP contribution in [0.25, 0.3) is 87.6 Å². The Bertz CT molecular complexity index is 2830. The summed E-state index contributed by atoms with van der Waals surface area (Å²) < 4.78 is 66.9. The van der Waals surface area contributed by atoms with Gasteiger partial charge < -0.3 is 4.42 Å². The van der Waals surface area contributed by atoms with Crippen LogP contribution >= 0.6 is 0 Å². The van der Waals surface area contributed by atoms with Gasteiger partial charge in [-0.25, -0.2) is 0 Å². The summed E-state index contributed by atoms with van der Waals surface area (Å²) in [5.74, 6) is 0. The zero-order valence-electron chi connectivity index (χ0n) is 29.9. The molecule has 0 saturated heterocycles. The van der Waals surface area contributed by atoms with Crippen LogP contribution in [0.5, 0.6) is 0 Å². The molecule has 1 aromatic heterocycles. The summed E-state index contributed by atoms with van der Waals surface area (Å²) in [5.41, 5.74) is 5.06. The summed E-state index contributed by atoms with van der Waals surface area (Å²) in [7, 11) is 0. The van der Waals surface area contributed by atoms with Crippen molar-refractivity contribution in [2.75, 3.05) is 0 Å². The fraction of sp³-hybridized carbons (Fsp3) is 0. The van der Waals surface area contributed by atoms with Crippen LogP contribution in [-0.4, -0.2) is 0 Å². The van der Waals surface area contributed by atoms with Crippen molar-refractivity contribution in [3.63, 3.8) is 0 Å². The number of para-hydroxylation sites is 1. The Labute approximate surface area is 259 Å². The minimum absolute atomic E-state index is 0.0375. The molecule has 1 heteroatoms. The second kappa shape index (κ2) is 9.44. The lowest BCUT2D eigenvalue weighted by Gasteiger charge is -2.18. The minimum Gasteiger partial charge on any atom is -0.456 e. The van der Waals surface area contributed by atoms with Gasteiger partial charge in [0.2, 0.25) is 0 Å². The molecule has 0 spiro atoms. The smallest absolute Gasteiger partial charge is 0.136 e. The molecule has 0 saturated carbocycles. The Kier molecular flexibility index (Phi) is 3.95. The van der Waals surface area contributed by atoms with Gasteiger partial charge in [-0.3, -0.25) is 0 Å². The topological polar surface area (TPSA) is 13.1 Å². The van der Waals surface area contributed by atoms with Gasteiger partial charge in [0, 0.05) is 10.8 Å². The highest BCUT2D eigenvalue weighted by Crippen LogP contribution is 2.46. The molecule has 1 nitrogen and oxygen atoms in total. The van der Waals surface area contributed by atoms with Gasteiger partial charge in [-0.2, -0.15) is 0 Å². The molecule has 1 heterocycles. The molecule has 0 N–H and O–H groups in total. The van der Waals surface area contributed by atoms with Crippen LogP contribution in [0.4, 0.5) is 0 Å². The summed E-state index contributed by atoms with van der Waals surface area (Å²) in [4.78, 5) is 0. The summed E-state index contributed by atoms with van der Waals surface area (Å²) in [5, 5.41) is 6.17. The Balaban J connectivity index is 1.36. The van der Waals surface area contributed by atoms with E-state index in [-0.39, 0.29) is 52.2 Å². The van der Waals surface area contributed by atoms with E-state index >= 15 is 0 Å². The van der Waals surface area contributed by atoms with Crippen molar-refractivity contribution in [3.05, 3.63) is 158 Å². The Morgan fingerprint density at radius 1 is 0.419 bits per heavy atom. The monoisotopic (exact) mass is 553 g/mol. The van der Waals surface area contributed by atoms with E-state index in [1.54, 1.807) is 0 Å². The lowest BCUT2D eigenvalue weighted by atomic mass is 9.84. The van der Waals surface area contributed by atoms with Gasteiger partial charge in [0.25, 0.3) is 0 Å². The average Bonchev–Trinajstić information content (AvgIpc) is 3.56. The third-order valence-corrected chi connectivity index (χ3v) is 8.39. The normalized spacial score (nSPS) is 14.0. The summed E-state index contributed by atoms with van der Waals surface area (Å²) >= 11 is 0. The average molecular weight is 554 g/mol. The number of rotatable bonds is 3. The van der Waals surface area contributed by atoms with E-state index < -0.39 is 12.1 Å². The second-order valence-corrected chi connectivity index (χ2v) is 10.7.